The third-order valence-corrected chi connectivity index (χ3v) is 4.49. The average Bonchev–Trinajstić information content (AvgIpc) is 3.06. The lowest BCUT2D eigenvalue weighted by Crippen LogP contribution is -2.20. The molecule has 0 saturated heterocycles. The molecule has 0 spiro atoms. The standard InChI is InChI=1S/C15H15F5/c16-12-6-5-11(13(14(12)17)8-1-2-8)9-3-4-10(7-9)15(18,19)20/h5-6,8-10H,1-4,7H2. The first kappa shape index (κ1) is 13.8. The Morgan fingerprint density at radius 1 is 0.900 bits per heavy atom. The van der Waals surface area contributed by atoms with Crippen LogP contribution in [0.3, 0.4) is 0 Å². The summed E-state index contributed by atoms with van der Waals surface area (Å²) in [5.41, 5.74) is 0.927. The second-order valence-corrected chi connectivity index (χ2v) is 5.89. The fourth-order valence-corrected chi connectivity index (χ4v) is 3.29. The van der Waals surface area contributed by atoms with E-state index in [1.165, 1.54) is 6.07 Å². The Morgan fingerprint density at radius 2 is 1.55 bits per heavy atom. The van der Waals surface area contributed by atoms with Crippen molar-refractivity contribution in [2.24, 2.45) is 5.92 Å². The Bertz CT molecular complexity index is 516. The molecule has 0 aromatic heterocycles. The highest BCUT2D eigenvalue weighted by atomic mass is 19.4. The summed E-state index contributed by atoms with van der Waals surface area (Å²) < 4.78 is 65.5. The topological polar surface area (TPSA) is 0 Å². The van der Waals surface area contributed by atoms with Gasteiger partial charge in [0.05, 0.1) is 5.92 Å². The lowest BCUT2D eigenvalue weighted by Gasteiger charge is -2.18. The first-order valence-corrected chi connectivity index (χ1v) is 6.92. The predicted octanol–water partition coefficient (Wildman–Crippen LogP) is 5.29. The predicted molar refractivity (Wildman–Crippen MR) is 64.5 cm³/mol. The molecule has 2 aliphatic carbocycles. The largest absolute Gasteiger partial charge is 0.391 e. The third kappa shape index (κ3) is 2.42. The van der Waals surface area contributed by atoms with E-state index < -0.39 is 23.7 Å². The van der Waals surface area contributed by atoms with Crippen LogP contribution in [0.1, 0.15) is 55.1 Å². The van der Waals surface area contributed by atoms with E-state index in [1.807, 2.05) is 0 Å². The van der Waals surface area contributed by atoms with Crippen molar-refractivity contribution >= 4 is 0 Å². The van der Waals surface area contributed by atoms with E-state index in [2.05, 4.69) is 0 Å². The van der Waals surface area contributed by atoms with E-state index in [0.29, 0.717) is 17.5 Å². The van der Waals surface area contributed by atoms with Gasteiger partial charge in [-0.3, -0.25) is 0 Å². The molecule has 2 saturated carbocycles. The summed E-state index contributed by atoms with van der Waals surface area (Å²) in [6, 6.07) is 2.52. The lowest BCUT2D eigenvalue weighted by molar-refractivity contribution is -0.172. The van der Waals surface area contributed by atoms with Crippen LogP contribution in [-0.4, -0.2) is 6.18 Å². The Kier molecular flexibility index (Phi) is 3.26. The van der Waals surface area contributed by atoms with Gasteiger partial charge in [-0.1, -0.05) is 6.07 Å². The van der Waals surface area contributed by atoms with Crippen molar-refractivity contribution in [2.45, 2.75) is 50.1 Å². The van der Waals surface area contributed by atoms with Gasteiger partial charge in [0, 0.05) is 0 Å². The molecule has 1 aromatic carbocycles. The molecule has 0 amide bonds. The summed E-state index contributed by atoms with van der Waals surface area (Å²) in [6.45, 7) is 0. The van der Waals surface area contributed by atoms with E-state index >= 15 is 0 Å². The molecule has 0 bridgehead atoms. The molecular formula is C15H15F5. The summed E-state index contributed by atoms with van der Waals surface area (Å²) in [6.07, 6.45) is -2.13. The molecule has 0 radical (unpaired) electrons. The van der Waals surface area contributed by atoms with Crippen molar-refractivity contribution in [3.05, 3.63) is 34.9 Å². The molecule has 0 N–H and O–H groups in total. The van der Waals surface area contributed by atoms with Gasteiger partial charge in [0.1, 0.15) is 0 Å². The number of halogens is 5. The zero-order valence-corrected chi connectivity index (χ0v) is 10.8. The van der Waals surface area contributed by atoms with Gasteiger partial charge in [-0.15, -0.1) is 0 Å². The van der Waals surface area contributed by atoms with Crippen LogP contribution in [0, 0.1) is 17.6 Å². The summed E-state index contributed by atoms with van der Waals surface area (Å²) in [5.74, 6) is -3.38. The van der Waals surface area contributed by atoms with Crippen LogP contribution in [0.25, 0.3) is 0 Å². The first-order valence-electron chi connectivity index (χ1n) is 6.92. The van der Waals surface area contributed by atoms with E-state index in [4.69, 9.17) is 0 Å². The van der Waals surface area contributed by atoms with Crippen molar-refractivity contribution in [3.8, 4) is 0 Å². The van der Waals surface area contributed by atoms with Crippen LogP contribution >= 0.6 is 0 Å². The van der Waals surface area contributed by atoms with Gasteiger partial charge in [0.25, 0.3) is 0 Å². The van der Waals surface area contributed by atoms with Crippen LogP contribution in [0.15, 0.2) is 12.1 Å². The van der Waals surface area contributed by atoms with E-state index in [0.717, 1.165) is 18.9 Å². The Labute approximate surface area is 114 Å². The minimum Gasteiger partial charge on any atom is -0.204 e. The molecule has 5 heteroatoms. The van der Waals surface area contributed by atoms with Crippen molar-refractivity contribution in [1.82, 2.24) is 0 Å². The first-order chi connectivity index (χ1) is 9.38. The van der Waals surface area contributed by atoms with E-state index in [1.54, 1.807) is 0 Å². The number of hydrogen-bond acceptors (Lipinski definition) is 0. The zero-order valence-electron chi connectivity index (χ0n) is 10.8. The van der Waals surface area contributed by atoms with Gasteiger partial charge < -0.3 is 0 Å². The number of rotatable bonds is 2. The van der Waals surface area contributed by atoms with Crippen molar-refractivity contribution in [1.29, 1.82) is 0 Å². The molecule has 20 heavy (non-hydrogen) atoms. The van der Waals surface area contributed by atoms with Crippen LogP contribution in [0.5, 0.6) is 0 Å². The highest BCUT2D eigenvalue weighted by molar-refractivity contribution is 5.38. The number of benzene rings is 1. The Balaban J connectivity index is 1.90. The van der Waals surface area contributed by atoms with Crippen molar-refractivity contribution in [3.63, 3.8) is 0 Å². The molecule has 1 aromatic rings. The second-order valence-electron chi connectivity index (χ2n) is 5.89. The molecule has 2 fully saturated rings. The number of hydrogen-bond donors (Lipinski definition) is 0. The number of alkyl halides is 3. The maximum Gasteiger partial charge on any atom is 0.391 e. The fraction of sp³-hybridized carbons (Fsp3) is 0.600. The highest BCUT2D eigenvalue weighted by Crippen LogP contribution is 2.51. The molecule has 2 atom stereocenters. The summed E-state index contributed by atoms with van der Waals surface area (Å²) >= 11 is 0. The molecule has 110 valence electrons. The molecule has 0 nitrogen and oxygen atoms in total. The van der Waals surface area contributed by atoms with Crippen LogP contribution in [-0.2, 0) is 0 Å². The fourth-order valence-electron chi connectivity index (χ4n) is 3.29. The maximum atomic E-state index is 13.9. The lowest BCUT2D eigenvalue weighted by atomic mass is 9.89. The monoisotopic (exact) mass is 290 g/mol. The van der Waals surface area contributed by atoms with Gasteiger partial charge in [-0.2, -0.15) is 13.2 Å². The van der Waals surface area contributed by atoms with Gasteiger partial charge in [-0.05, 0) is 61.1 Å². The Hall–Kier alpha value is -1.13. The smallest absolute Gasteiger partial charge is 0.204 e. The minimum absolute atomic E-state index is 0.00566. The van der Waals surface area contributed by atoms with Crippen molar-refractivity contribution < 1.29 is 22.0 Å². The van der Waals surface area contributed by atoms with Gasteiger partial charge in [-0.25, -0.2) is 8.78 Å². The third-order valence-electron chi connectivity index (χ3n) is 4.49. The van der Waals surface area contributed by atoms with E-state index in [-0.39, 0.29) is 24.7 Å². The SMILES string of the molecule is Fc1ccc(C2CCC(C(F)(F)F)C2)c(C2CC2)c1F. The van der Waals surface area contributed by atoms with Gasteiger partial charge in [0.2, 0.25) is 0 Å². The summed E-state index contributed by atoms with van der Waals surface area (Å²) in [5, 5.41) is 0. The van der Waals surface area contributed by atoms with E-state index in [9.17, 15) is 22.0 Å². The minimum atomic E-state index is -4.19. The van der Waals surface area contributed by atoms with Crippen LogP contribution in [0.4, 0.5) is 22.0 Å². The molecule has 0 heterocycles. The summed E-state index contributed by atoms with van der Waals surface area (Å²) in [4.78, 5) is 0. The average molecular weight is 290 g/mol. The Morgan fingerprint density at radius 3 is 2.10 bits per heavy atom. The maximum absolute atomic E-state index is 13.9. The van der Waals surface area contributed by atoms with Gasteiger partial charge in [0.15, 0.2) is 11.6 Å². The molecule has 3 rings (SSSR count). The van der Waals surface area contributed by atoms with Crippen molar-refractivity contribution in [2.75, 3.05) is 0 Å². The molecule has 0 aliphatic heterocycles. The normalized spacial score (nSPS) is 27.1. The summed E-state index contributed by atoms with van der Waals surface area (Å²) in [7, 11) is 0. The highest BCUT2D eigenvalue weighted by Gasteiger charge is 2.45. The molecule has 2 unspecified atom stereocenters. The van der Waals surface area contributed by atoms with Gasteiger partial charge >= 0.3 is 6.18 Å². The molecular weight excluding hydrogens is 275 g/mol. The second kappa shape index (κ2) is 4.71. The van der Waals surface area contributed by atoms with Crippen LogP contribution < -0.4 is 0 Å². The quantitative estimate of drug-likeness (QED) is 0.649. The zero-order chi connectivity index (χ0) is 14.5. The van der Waals surface area contributed by atoms with Crippen LogP contribution in [0.2, 0.25) is 0 Å². The molecule has 2 aliphatic rings.